The highest BCUT2D eigenvalue weighted by Crippen LogP contribution is 2.38. The predicted molar refractivity (Wildman–Crippen MR) is 76.9 cm³/mol. The molecular formula is C14H17NO3S. The number of carbonyl (C=O) groups is 2. The molecule has 1 heterocycles. The number of benzene rings is 1. The molecule has 19 heavy (non-hydrogen) atoms. The molecule has 1 aliphatic heterocycles. The summed E-state index contributed by atoms with van der Waals surface area (Å²) in [5.74, 6) is 0.0568. The topological polar surface area (TPSA) is 66.4 Å². The molecular weight excluding hydrogens is 262 g/mol. The summed E-state index contributed by atoms with van der Waals surface area (Å²) in [6.45, 7) is 3.76. The molecule has 2 N–H and O–H groups in total. The Morgan fingerprint density at radius 3 is 2.68 bits per heavy atom. The van der Waals surface area contributed by atoms with Crippen molar-refractivity contribution in [3.8, 4) is 0 Å². The summed E-state index contributed by atoms with van der Waals surface area (Å²) in [7, 11) is 0. The average Bonchev–Trinajstić information content (AvgIpc) is 2.80. The molecule has 1 aromatic carbocycles. The van der Waals surface area contributed by atoms with Gasteiger partial charge in [0.25, 0.3) is 0 Å². The van der Waals surface area contributed by atoms with Crippen molar-refractivity contribution < 1.29 is 14.7 Å². The number of hydrogen-bond acceptors (Lipinski definition) is 3. The fourth-order valence-corrected chi connectivity index (χ4v) is 3.36. The number of carboxylic acid groups (broad SMARTS) is 1. The van der Waals surface area contributed by atoms with Crippen LogP contribution >= 0.6 is 11.8 Å². The number of carboxylic acids is 1. The minimum atomic E-state index is -0.959. The lowest BCUT2D eigenvalue weighted by molar-refractivity contribution is -0.118. The average molecular weight is 279 g/mol. The van der Waals surface area contributed by atoms with E-state index in [0.29, 0.717) is 5.69 Å². The van der Waals surface area contributed by atoms with E-state index in [4.69, 9.17) is 5.11 Å². The molecule has 1 saturated heterocycles. The van der Waals surface area contributed by atoms with E-state index in [0.717, 1.165) is 24.2 Å². The van der Waals surface area contributed by atoms with Crippen molar-refractivity contribution in [2.75, 3.05) is 11.1 Å². The van der Waals surface area contributed by atoms with E-state index < -0.39 is 5.97 Å². The Morgan fingerprint density at radius 2 is 2.16 bits per heavy atom. The first-order chi connectivity index (χ1) is 8.92. The van der Waals surface area contributed by atoms with Crippen molar-refractivity contribution in [1.82, 2.24) is 0 Å². The molecule has 1 unspecified atom stereocenters. The van der Waals surface area contributed by atoms with Crippen molar-refractivity contribution in [3.05, 3.63) is 29.3 Å². The van der Waals surface area contributed by atoms with E-state index in [1.165, 1.54) is 6.07 Å². The highest BCUT2D eigenvalue weighted by atomic mass is 32.2. The van der Waals surface area contributed by atoms with E-state index in [1.807, 2.05) is 6.92 Å². The number of anilines is 1. The van der Waals surface area contributed by atoms with Gasteiger partial charge in [-0.3, -0.25) is 4.79 Å². The van der Waals surface area contributed by atoms with Crippen LogP contribution in [0.5, 0.6) is 0 Å². The summed E-state index contributed by atoms with van der Waals surface area (Å²) in [6, 6.07) is 4.73. The Hall–Kier alpha value is -1.49. The van der Waals surface area contributed by atoms with Gasteiger partial charge in [-0.05, 0) is 56.2 Å². The molecule has 0 bridgehead atoms. The van der Waals surface area contributed by atoms with Gasteiger partial charge in [0.1, 0.15) is 0 Å². The zero-order chi connectivity index (χ0) is 14.0. The molecule has 102 valence electrons. The molecule has 0 spiro atoms. The van der Waals surface area contributed by atoms with Crippen molar-refractivity contribution in [2.45, 2.75) is 31.4 Å². The van der Waals surface area contributed by atoms with Gasteiger partial charge in [0.05, 0.1) is 10.3 Å². The number of thioether (sulfide) groups is 1. The van der Waals surface area contributed by atoms with Crippen molar-refractivity contribution in [1.29, 1.82) is 0 Å². The molecule has 2 rings (SSSR count). The molecule has 0 radical (unpaired) electrons. The van der Waals surface area contributed by atoms with Crippen LogP contribution in [0.15, 0.2) is 18.2 Å². The zero-order valence-electron chi connectivity index (χ0n) is 11.0. The highest BCUT2D eigenvalue weighted by Gasteiger charge is 2.37. The van der Waals surface area contributed by atoms with Gasteiger partial charge in [-0.15, -0.1) is 11.8 Å². The third-order valence-corrected chi connectivity index (χ3v) is 4.94. The molecule has 1 aliphatic rings. The monoisotopic (exact) mass is 279 g/mol. The maximum atomic E-state index is 12.3. The second-order valence-corrected chi connectivity index (χ2v) is 6.57. The summed E-state index contributed by atoms with van der Waals surface area (Å²) < 4.78 is -0.363. The van der Waals surface area contributed by atoms with Crippen LogP contribution in [0.2, 0.25) is 0 Å². The van der Waals surface area contributed by atoms with Crippen molar-refractivity contribution in [2.24, 2.45) is 0 Å². The lowest BCUT2D eigenvalue weighted by Crippen LogP contribution is -2.34. The number of nitrogens with one attached hydrogen (secondary N) is 1. The minimum Gasteiger partial charge on any atom is -0.478 e. The minimum absolute atomic E-state index is 0.00109. The molecule has 4 nitrogen and oxygen atoms in total. The van der Waals surface area contributed by atoms with Gasteiger partial charge in [-0.1, -0.05) is 0 Å². The van der Waals surface area contributed by atoms with Gasteiger partial charge >= 0.3 is 5.97 Å². The van der Waals surface area contributed by atoms with Crippen molar-refractivity contribution in [3.63, 3.8) is 0 Å². The second kappa shape index (κ2) is 5.25. The lowest BCUT2D eigenvalue weighted by atomic mass is 10.0. The third kappa shape index (κ3) is 2.92. The number of hydrogen-bond donors (Lipinski definition) is 2. The van der Waals surface area contributed by atoms with Crippen LogP contribution < -0.4 is 5.32 Å². The number of amides is 1. The van der Waals surface area contributed by atoms with Crippen LogP contribution in [-0.4, -0.2) is 27.5 Å². The molecule has 5 heteroatoms. The van der Waals surface area contributed by atoms with Gasteiger partial charge in [-0.25, -0.2) is 4.79 Å². The van der Waals surface area contributed by atoms with Crippen LogP contribution in [0.1, 0.15) is 35.7 Å². The van der Waals surface area contributed by atoms with E-state index in [9.17, 15) is 9.59 Å². The Morgan fingerprint density at radius 1 is 1.42 bits per heavy atom. The van der Waals surface area contributed by atoms with Crippen LogP contribution in [0, 0.1) is 6.92 Å². The highest BCUT2D eigenvalue weighted by molar-refractivity contribution is 8.01. The smallest absolute Gasteiger partial charge is 0.335 e. The number of rotatable bonds is 3. The summed E-state index contributed by atoms with van der Waals surface area (Å²) in [6.07, 6.45) is 1.95. The summed E-state index contributed by atoms with van der Waals surface area (Å²) in [4.78, 5) is 23.1. The summed E-state index contributed by atoms with van der Waals surface area (Å²) in [5.41, 5.74) is 1.68. The molecule has 1 aromatic rings. The Labute approximate surface area is 116 Å². The van der Waals surface area contributed by atoms with E-state index in [-0.39, 0.29) is 16.2 Å². The normalized spacial score (nSPS) is 22.2. The molecule has 1 atom stereocenters. The lowest BCUT2D eigenvalue weighted by Gasteiger charge is -2.22. The molecule has 0 aromatic heterocycles. The first-order valence-electron chi connectivity index (χ1n) is 6.22. The van der Waals surface area contributed by atoms with Gasteiger partial charge < -0.3 is 10.4 Å². The number of aryl methyl sites for hydroxylation is 1. The largest absolute Gasteiger partial charge is 0.478 e. The summed E-state index contributed by atoms with van der Waals surface area (Å²) >= 11 is 1.68. The third-order valence-electron chi connectivity index (χ3n) is 3.42. The van der Waals surface area contributed by atoms with Gasteiger partial charge in [-0.2, -0.15) is 0 Å². The summed E-state index contributed by atoms with van der Waals surface area (Å²) in [5, 5.41) is 11.8. The predicted octanol–water partition coefficient (Wildman–Crippen LogP) is 2.92. The van der Waals surface area contributed by atoms with Crippen LogP contribution in [0.4, 0.5) is 5.69 Å². The van der Waals surface area contributed by atoms with Gasteiger partial charge in [0.15, 0.2) is 0 Å². The van der Waals surface area contributed by atoms with E-state index in [2.05, 4.69) is 5.32 Å². The molecule has 0 aliphatic carbocycles. The van der Waals surface area contributed by atoms with Gasteiger partial charge in [0, 0.05) is 5.69 Å². The maximum absolute atomic E-state index is 12.3. The first-order valence-corrected chi connectivity index (χ1v) is 7.20. The van der Waals surface area contributed by atoms with Crippen LogP contribution in [-0.2, 0) is 4.79 Å². The van der Waals surface area contributed by atoms with Gasteiger partial charge in [0.2, 0.25) is 5.91 Å². The Bertz CT molecular complexity index is 521. The quantitative estimate of drug-likeness (QED) is 0.892. The molecule has 1 fully saturated rings. The van der Waals surface area contributed by atoms with E-state index >= 15 is 0 Å². The Balaban J connectivity index is 2.15. The standard InChI is InChI=1S/C14H17NO3S/c1-9-8-10(12(16)17)4-5-11(9)15-13(18)14(2)6-3-7-19-14/h4-5,8H,3,6-7H2,1-2H3,(H,15,18)(H,16,17). The first kappa shape index (κ1) is 13.9. The molecule has 1 amide bonds. The Kier molecular flexibility index (Phi) is 3.85. The van der Waals surface area contributed by atoms with E-state index in [1.54, 1.807) is 30.8 Å². The molecule has 0 saturated carbocycles. The second-order valence-electron chi connectivity index (χ2n) is 4.97. The fourth-order valence-electron chi connectivity index (χ4n) is 2.15. The SMILES string of the molecule is Cc1cc(C(=O)O)ccc1NC(=O)C1(C)CCCS1. The number of aromatic carboxylic acids is 1. The van der Waals surface area contributed by atoms with Crippen molar-refractivity contribution >= 4 is 29.3 Å². The zero-order valence-corrected chi connectivity index (χ0v) is 11.8. The number of carbonyl (C=O) groups excluding carboxylic acids is 1. The fraction of sp³-hybridized carbons (Fsp3) is 0.429. The van der Waals surface area contributed by atoms with Crippen LogP contribution in [0.25, 0.3) is 0 Å². The van der Waals surface area contributed by atoms with Crippen LogP contribution in [0.3, 0.4) is 0 Å². The maximum Gasteiger partial charge on any atom is 0.335 e.